The number of hydrogen-bond acceptors (Lipinski definition) is 5. The van der Waals surface area contributed by atoms with Gasteiger partial charge in [0.2, 0.25) is 0 Å². The molecule has 5 rings (SSSR count). The van der Waals surface area contributed by atoms with Crippen molar-refractivity contribution >= 4 is 18.0 Å². The highest BCUT2D eigenvalue weighted by Gasteiger charge is 2.50. The van der Waals surface area contributed by atoms with Crippen molar-refractivity contribution in [3.8, 4) is 11.1 Å². The Morgan fingerprint density at radius 2 is 1.69 bits per heavy atom. The number of carbonyl (C=O) groups is 3. The number of rotatable bonds is 8. The SMILES string of the molecule is Cn1ncc(C(=O)NCC2(C(=O)O)CC2)c1CNC(=O)OCC1c2ccccc2-c2ccccc21. The molecule has 0 unspecified atom stereocenters. The smallest absolute Gasteiger partial charge is 0.407 e. The summed E-state index contributed by atoms with van der Waals surface area (Å²) < 4.78 is 7.06. The molecule has 180 valence electrons. The number of amides is 2. The zero-order valence-corrected chi connectivity index (χ0v) is 19.3. The molecule has 1 fully saturated rings. The van der Waals surface area contributed by atoms with Gasteiger partial charge in [0.05, 0.1) is 29.4 Å². The van der Waals surface area contributed by atoms with Crippen LogP contribution in [0.3, 0.4) is 0 Å². The molecule has 2 aromatic carbocycles. The second-order valence-corrected chi connectivity index (χ2v) is 9.08. The molecule has 9 heteroatoms. The normalized spacial score (nSPS) is 15.1. The van der Waals surface area contributed by atoms with Crippen molar-refractivity contribution in [2.45, 2.75) is 25.3 Å². The number of ether oxygens (including phenoxy) is 1. The fourth-order valence-electron chi connectivity index (χ4n) is 4.63. The highest BCUT2D eigenvalue weighted by Crippen LogP contribution is 2.45. The second kappa shape index (κ2) is 8.90. The van der Waals surface area contributed by atoms with Gasteiger partial charge in [0.15, 0.2) is 0 Å². The molecule has 2 aliphatic rings. The third-order valence-electron chi connectivity index (χ3n) is 6.94. The highest BCUT2D eigenvalue weighted by molar-refractivity contribution is 5.95. The number of carboxylic acid groups (broad SMARTS) is 1. The van der Waals surface area contributed by atoms with Crippen molar-refractivity contribution < 1.29 is 24.2 Å². The molecule has 3 aromatic rings. The van der Waals surface area contributed by atoms with Crippen LogP contribution in [0.25, 0.3) is 11.1 Å². The number of hydrogen-bond donors (Lipinski definition) is 3. The summed E-state index contributed by atoms with van der Waals surface area (Å²) in [6.07, 6.45) is 1.91. The van der Waals surface area contributed by atoms with Gasteiger partial charge in [-0.1, -0.05) is 48.5 Å². The molecule has 0 spiro atoms. The summed E-state index contributed by atoms with van der Waals surface area (Å²) in [5.41, 5.74) is 4.47. The van der Waals surface area contributed by atoms with Gasteiger partial charge in [-0.3, -0.25) is 14.3 Å². The van der Waals surface area contributed by atoms with E-state index in [4.69, 9.17) is 4.74 Å². The fraction of sp³-hybridized carbons (Fsp3) is 0.308. The molecule has 0 atom stereocenters. The third-order valence-corrected chi connectivity index (χ3v) is 6.94. The Kier molecular flexibility index (Phi) is 5.76. The van der Waals surface area contributed by atoms with Crippen molar-refractivity contribution in [2.75, 3.05) is 13.2 Å². The molecular formula is C26H26N4O5. The Morgan fingerprint density at radius 1 is 1.06 bits per heavy atom. The second-order valence-electron chi connectivity index (χ2n) is 9.08. The molecule has 2 aliphatic carbocycles. The summed E-state index contributed by atoms with van der Waals surface area (Å²) in [6.45, 7) is 0.297. The van der Waals surface area contributed by atoms with E-state index >= 15 is 0 Å². The van der Waals surface area contributed by atoms with Crippen LogP contribution in [-0.4, -0.2) is 46.0 Å². The Labute approximate surface area is 202 Å². The first-order valence-corrected chi connectivity index (χ1v) is 11.5. The molecule has 0 saturated heterocycles. The van der Waals surface area contributed by atoms with Crippen LogP contribution in [0.4, 0.5) is 4.79 Å². The first-order valence-electron chi connectivity index (χ1n) is 11.5. The summed E-state index contributed by atoms with van der Waals surface area (Å²) in [4.78, 5) is 36.5. The zero-order chi connectivity index (χ0) is 24.6. The van der Waals surface area contributed by atoms with Crippen LogP contribution in [0.2, 0.25) is 0 Å². The van der Waals surface area contributed by atoms with E-state index in [9.17, 15) is 19.5 Å². The van der Waals surface area contributed by atoms with E-state index in [1.54, 1.807) is 7.05 Å². The number of nitrogens with zero attached hydrogens (tertiary/aromatic N) is 2. The van der Waals surface area contributed by atoms with Gasteiger partial charge < -0.3 is 20.5 Å². The minimum atomic E-state index is -0.902. The van der Waals surface area contributed by atoms with Gasteiger partial charge in [-0.25, -0.2) is 4.79 Å². The zero-order valence-electron chi connectivity index (χ0n) is 19.3. The maximum atomic E-state index is 12.7. The molecule has 0 radical (unpaired) electrons. The molecule has 1 aromatic heterocycles. The van der Waals surface area contributed by atoms with Gasteiger partial charge in [0, 0.05) is 19.5 Å². The minimum absolute atomic E-state index is 0.0417. The lowest BCUT2D eigenvalue weighted by Gasteiger charge is -2.15. The van der Waals surface area contributed by atoms with E-state index in [1.807, 2.05) is 24.3 Å². The van der Waals surface area contributed by atoms with E-state index in [0.29, 0.717) is 18.5 Å². The molecule has 0 bridgehead atoms. The number of nitrogens with one attached hydrogen (secondary N) is 2. The van der Waals surface area contributed by atoms with Gasteiger partial charge in [-0.2, -0.15) is 5.10 Å². The summed E-state index contributed by atoms with van der Waals surface area (Å²) in [5.74, 6) is -1.37. The lowest BCUT2D eigenvalue weighted by molar-refractivity contribution is -0.143. The number of aliphatic carboxylic acids is 1. The first kappa shape index (κ1) is 22.6. The number of fused-ring (bicyclic) bond motifs is 3. The Bertz CT molecular complexity index is 1270. The number of carboxylic acids is 1. The summed E-state index contributed by atoms with van der Waals surface area (Å²) in [6, 6.07) is 16.2. The van der Waals surface area contributed by atoms with Gasteiger partial charge in [0.1, 0.15) is 6.61 Å². The van der Waals surface area contributed by atoms with Gasteiger partial charge in [-0.15, -0.1) is 0 Å². The molecule has 9 nitrogen and oxygen atoms in total. The van der Waals surface area contributed by atoms with E-state index < -0.39 is 23.4 Å². The van der Waals surface area contributed by atoms with Gasteiger partial charge in [0.25, 0.3) is 5.91 Å². The Balaban J connectivity index is 1.19. The summed E-state index contributed by atoms with van der Waals surface area (Å²) >= 11 is 0. The topological polar surface area (TPSA) is 123 Å². The van der Waals surface area contributed by atoms with Gasteiger partial charge >= 0.3 is 12.1 Å². The summed E-state index contributed by atoms with van der Waals surface area (Å²) in [5, 5.41) is 18.8. The maximum absolute atomic E-state index is 12.7. The van der Waals surface area contributed by atoms with E-state index in [-0.39, 0.29) is 31.2 Å². The van der Waals surface area contributed by atoms with Crippen molar-refractivity contribution in [1.82, 2.24) is 20.4 Å². The third kappa shape index (κ3) is 4.25. The Morgan fingerprint density at radius 3 is 2.29 bits per heavy atom. The molecule has 35 heavy (non-hydrogen) atoms. The number of alkyl carbamates (subject to hydrolysis) is 1. The first-order chi connectivity index (χ1) is 16.9. The van der Waals surface area contributed by atoms with E-state index in [2.05, 4.69) is 40.0 Å². The van der Waals surface area contributed by atoms with Crippen molar-refractivity contribution in [1.29, 1.82) is 0 Å². The van der Waals surface area contributed by atoms with E-state index in [0.717, 1.165) is 22.3 Å². The molecule has 2 amide bonds. The van der Waals surface area contributed by atoms with Gasteiger partial charge in [-0.05, 0) is 35.1 Å². The lowest BCUT2D eigenvalue weighted by Crippen LogP contribution is -2.35. The van der Waals surface area contributed by atoms with Crippen molar-refractivity contribution in [2.24, 2.45) is 12.5 Å². The molecular weight excluding hydrogens is 448 g/mol. The van der Waals surface area contributed by atoms with Crippen LogP contribution in [-0.2, 0) is 23.1 Å². The van der Waals surface area contributed by atoms with Crippen LogP contribution in [0.5, 0.6) is 0 Å². The molecule has 1 saturated carbocycles. The van der Waals surface area contributed by atoms with Crippen LogP contribution in [0.15, 0.2) is 54.7 Å². The number of benzene rings is 2. The highest BCUT2D eigenvalue weighted by atomic mass is 16.5. The minimum Gasteiger partial charge on any atom is -0.481 e. The van der Waals surface area contributed by atoms with Crippen LogP contribution >= 0.6 is 0 Å². The van der Waals surface area contributed by atoms with Crippen molar-refractivity contribution in [3.05, 3.63) is 77.1 Å². The maximum Gasteiger partial charge on any atom is 0.407 e. The van der Waals surface area contributed by atoms with E-state index in [1.165, 1.54) is 10.9 Å². The van der Waals surface area contributed by atoms with Crippen molar-refractivity contribution in [3.63, 3.8) is 0 Å². The molecule has 0 aliphatic heterocycles. The number of carbonyl (C=O) groups excluding carboxylic acids is 2. The predicted molar refractivity (Wildman–Crippen MR) is 127 cm³/mol. The fourth-order valence-corrected chi connectivity index (χ4v) is 4.63. The largest absolute Gasteiger partial charge is 0.481 e. The monoisotopic (exact) mass is 474 g/mol. The molecule has 3 N–H and O–H groups in total. The number of aromatic nitrogens is 2. The van der Waals surface area contributed by atoms with Crippen LogP contribution < -0.4 is 10.6 Å². The average molecular weight is 475 g/mol. The molecule has 1 heterocycles. The lowest BCUT2D eigenvalue weighted by atomic mass is 9.98. The summed E-state index contributed by atoms with van der Waals surface area (Å²) in [7, 11) is 1.67. The Hall–Kier alpha value is -4.14. The standard InChI is InChI=1S/C26H26N4O5/c1-30-22(20(12-29-30)23(31)28-15-26(10-11-26)24(32)33)13-27-25(34)35-14-21-18-8-4-2-6-16(18)17-7-3-5-9-19(17)21/h2-9,12,21H,10-11,13-15H2,1H3,(H,27,34)(H,28,31)(H,32,33). The predicted octanol–water partition coefficient (Wildman–Crippen LogP) is 3.05. The quantitative estimate of drug-likeness (QED) is 0.461. The number of aryl methyl sites for hydroxylation is 1. The van der Waals surface area contributed by atoms with Crippen LogP contribution in [0.1, 0.15) is 45.9 Å². The van der Waals surface area contributed by atoms with Crippen LogP contribution in [0, 0.1) is 5.41 Å². The average Bonchev–Trinajstić information content (AvgIpc) is 3.48.